The molecule has 5 heteroatoms. The Morgan fingerprint density at radius 2 is 2.04 bits per heavy atom. The molecule has 0 fully saturated rings. The number of hydrogen-bond donors (Lipinski definition) is 1. The van der Waals surface area contributed by atoms with Gasteiger partial charge < -0.3 is 4.98 Å². The highest BCUT2D eigenvalue weighted by molar-refractivity contribution is 5.78. The van der Waals surface area contributed by atoms with Crippen molar-refractivity contribution in [3.05, 3.63) is 69.5 Å². The lowest BCUT2D eigenvalue weighted by Gasteiger charge is -2.27. The number of H-pyrrole nitrogens is 1. The first-order chi connectivity index (χ1) is 11.2. The van der Waals surface area contributed by atoms with E-state index < -0.39 is 0 Å². The van der Waals surface area contributed by atoms with Gasteiger partial charge in [0.25, 0.3) is 5.56 Å². The molecule has 5 nitrogen and oxygen atoms in total. The summed E-state index contributed by atoms with van der Waals surface area (Å²) in [6.07, 6.45) is 0.742. The summed E-state index contributed by atoms with van der Waals surface area (Å²) in [5.41, 5.74) is 3.81. The SMILES string of the molecule is Cc1nc2c(c(=O)[nH]1)CCN(Cc1ccc3ccccc3n1)C2. The Morgan fingerprint density at radius 3 is 2.96 bits per heavy atom. The summed E-state index contributed by atoms with van der Waals surface area (Å²) in [6, 6.07) is 12.3. The van der Waals surface area contributed by atoms with Gasteiger partial charge in [-0.3, -0.25) is 14.7 Å². The molecule has 3 aromatic rings. The summed E-state index contributed by atoms with van der Waals surface area (Å²) in [5, 5.41) is 1.16. The van der Waals surface area contributed by atoms with E-state index in [4.69, 9.17) is 4.98 Å². The summed E-state index contributed by atoms with van der Waals surface area (Å²) in [7, 11) is 0. The average molecular weight is 306 g/mol. The van der Waals surface area contributed by atoms with Crippen LogP contribution >= 0.6 is 0 Å². The minimum atomic E-state index is 0.0102. The molecular weight excluding hydrogens is 288 g/mol. The Balaban J connectivity index is 1.58. The van der Waals surface area contributed by atoms with E-state index in [9.17, 15) is 4.79 Å². The number of aromatic amines is 1. The third-order valence-electron chi connectivity index (χ3n) is 4.31. The van der Waals surface area contributed by atoms with Gasteiger partial charge in [-0.05, 0) is 25.5 Å². The molecule has 2 aromatic heterocycles. The van der Waals surface area contributed by atoms with Gasteiger partial charge in [-0.15, -0.1) is 0 Å². The van der Waals surface area contributed by atoms with E-state index in [1.165, 1.54) is 0 Å². The van der Waals surface area contributed by atoms with Gasteiger partial charge in [-0.2, -0.15) is 0 Å². The van der Waals surface area contributed by atoms with Gasteiger partial charge >= 0.3 is 0 Å². The number of hydrogen-bond acceptors (Lipinski definition) is 4. The van der Waals surface area contributed by atoms with Gasteiger partial charge in [0.1, 0.15) is 5.82 Å². The molecule has 0 saturated carbocycles. The van der Waals surface area contributed by atoms with Gasteiger partial charge in [-0.1, -0.05) is 24.3 Å². The molecule has 1 aliphatic rings. The predicted molar refractivity (Wildman–Crippen MR) is 89.2 cm³/mol. The Kier molecular flexibility index (Phi) is 3.42. The fourth-order valence-corrected chi connectivity index (χ4v) is 3.18. The summed E-state index contributed by atoms with van der Waals surface area (Å²) >= 11 is 0. The fourth-order valence-electron chi connectivity index (χ4n) is 3.18. The molecule has 1 aromatic carbocycles. The van der Waals surface area contributed by atoms with Crippen molar-refractivity contribution < 1.29 is 0 Å². The highest BCUT2D eigenvalue weighted by Gasteiger charge is 2.20. The van der Waals surface area contributed by atoms with Crippen LogP contribution in [0, 0.1) is 6.92 Å². The highest BCUT2D eigenvalue weighted by atomic mass is 16.1. The molecule has 0 spiro atoms. The first-order valence-electron chi connectivity index (χ1n) is 7.85. The molecule has 0 aliphatic carbocycles. The summed E-state index contributed by atoms with van der Waals surface area (Å²) in [5.74, 6) is 0.680. The van der Waals surface area contributed by atoms with Crippen LogP contribution in [-0.2, 0) is 19.5 Å². The van der Waals surface area contributed by atoms with E-state index in [0.717, 1.165) is 47.4 Å². The van der Waals surface area contributed by atoms with Crippen molar-refractivity contribution in [3.8, 4) is 0 Å². The number of nitrogens with one attached hydrogen (secondary N) is 1. The molecule has 0 unspecified atom stereocenters. The fraction of sp³-hybridized carbons (Fsp3) is 0.278. The summed E-state index contributed by atoms with van der Waals surface area (Å²) < 4.78 is 0. The minimum Gasteiger partial charge on any atom is -0.311 e. The molecule has 0 saturated heterocycles. The van der Waals surface area contributed by atoms with Gasteiger partial charge in [-0.25, -0.2) is 4.98 Å². The largest absolute Gasteiger partial charge is 0.311 e. The minimum absolute atomic E-state index is 0.0102. The molecule has 23 heavy (non-hydrogen) atoms. The smallest absolute Gasteiger partial charge is 0.254 e. The van der Waals surface area contributed by atoms with Gasteiger partial charge in [0.2, 0.25) is 0 Å². The molecule has 0 bridgehead atoms. The van der Waals surface area contributed by atoms with Crippen molar-refractivity contribution in [3.63, 3.8) is 0 Å². The highest BCUT2D eigenvalue weighted by Crippen LogP contribution is 2.17. The summed E-state index contributed by atoms with van der Waals surface area (Å²) in [4.78, 5) is 26.3. The van der Waals surface area contributed by atoms with E-state index in [2.05, 4.69) is 33.1 Å². The van der Waals surface area contributed by atoms with Crippen LogP contribution in [0.1, 0.15) is 22.8 Å². The second-order valence-corrected chi connectivity index (χ2v) is 6.03. The van der Waals surface area contributed by atoms with Crippen LogP contribution in [0.15, 0.2) is 41.2 Å². The maximum Gasteiger partial charge on any atom is 0.254 e. The van der Waals surface area contributed by atoms with Gasteiger partial charge in [0.05, 0.1) is 16.9 Å². The van der Waals surface area contributed by atoms with Crippen LogP contribution < -0.4 is 5.56 Å². The van der Waals surface area contributed by atoms with Crippen molar-refractivity contribution in [2.24, 2.45) is 0 Å². The standard InChI is InChI=1S/C18H18N4O/c1-12-19-17-11-22(9-8-15(17)18(23)20-12)10-14-7-6-13-4-2-3-5-16(13)21-14/h2-7H,8-11H2,1H3,(H,19,20,23). The number of aromatic nitrogens is 3. The lowest BCUT2D eigenvalue weighted by molar-refractivity contribution is 0.237. The second-order valence-electron chi connectivity index (χ2n) is 6.03. The van der Waals surface area contributed by atoms with Gasteiger partial charge in [0, 0.05) is 30.6 Å². The number of rotatable bonds is 2. The monoisotopic (exact) mass is 306 g/mol. The van der Waals surface area contributed by atoms with E-state index in [1.54, 1.807) is 0 Å². The van der Waals surface area contributed by atoms with Crippen LogP contribution in [0.2, 0.25) is 0 Å². The lowest BCUT2D eigenvalue weighted by Crippen LogP contribution is -2.35. The van der Waals surface area contributed by atoms with Crippen molar-refractivity contribution in [1.29, 1.82) is 0 Å². The normalized spacial score (nSPS) is 14.8. The maximum atomic E-state index is 12.0. The molecular formula is C18H18N4O. The van der Waals surface area contributed by atoms with E-state index in [1.807, 2.05) is 25.1 Å². The van der Waals surface area contributed by atoms with Crippen molar-refractivity contribution in [1.82, 2.24) is 19.9 Å². The molecule has 1 aliphatic heterocycles. The number of fused-ring (bicyclic) bond motifs is 2. The topological polar surface area (TPSA) is 61.9 Å². The summed E-state index contributed by atoms with van der Waals surface area (Å²) in [6.45, 7) is 4.16. The maximum absolute atomic E-state index is 12.0. The van der Waals surface area contributed by atoms with E-state index >= 15 is 0 Å². The van der Waals surface area contributed by atoms with Crippen molar-refractivity contribution in [2.45, 2.75) is 26.4 Å². The zero-order chi connectivity index (χ0) is 15.8. The molecule has 0 atom stereocenters. The Labute approximate surface area is 134 Å². The van der Waals surface area contributed by atoms with Crippen LogP contribution in [0.5, 0.6) is 0 Å². The number of benzene rings is 1. The van der Waals surface area contributed by atoms with Crippen LogP contribution in [0.3, 0.4) is 0 Å². The van der Waals surface area contributed by atoms with Crippen LogP contribution in [0.25, 0.3) is 10.9 Å². The van der Waals surface area contributed by atoms with Crippen molar-refractivity contribution in [2.75, 3.05) is 6.54 Å². The zero-order valence-corrected chi connectivity index (χ0v) is 13.0. The third-order valence-corrected chi connectivity index (χ3v) is 4.31. The molecule has 0 amide bonds. The first-order valence-corrected chi connectivity index (χ1v) is 7.85. The van der Waals surface area contributed by atoms with Crippen LogP contribution in [-0.4, -0.2) is 26.4 Å². The average Bonchev–Trinajstić information content (AvgIpc) is 2.54. The van der Waals surface area contributed by atoms with Crippen molar-refractivity contribution >= 4 is 10.9 Å². The van der Waals surface area contributed by atoms with Crippen LogP contribution in [0.4, 0.5) is 0 Å². The molecule has 3 heterocycles. The Hall–Kier alpha value is -2.53. The lowest BCUT2D eigenvalue weighted by atomic mass is 10.1. The zero-order valence-electron chi connectivity index (χ0n) is 13.0. The molecule has 116 valence electrons. The number of para-hydroxylation sites is 1. The quantitative estimate of drug-likeness (QED) is 0.788. The molecule has 0 radical (unpaired) electrons. The third kappa shape index (κ3) is 2.75. The van der Waals surface area contributed by atoms with E-state index in [-0.39, 0.29) is 5.56 Å². The van der Waals surface area contributed by atoms with E-state index in [0.29, 0.717) is 12.4 Å². The second kappa shape index (κ2) is 5.59. The molecule has 4 rings (SSSR count). The molecule has 1 N–H and O–H groups in total. The first kappa shape index (κ1) is 14.1. The van der Waals surface area contributed by atoms with Gasteiger partial charge in [0.15, 0.2) is 0 Å². The number of pyridine rings is 1. The number of nitrogens with zero attached hydrogens (tertiary/aromatic N) is 3. The number of aryl methyl sites for hydroxylation is 1. The Morgan fingerprint density at radius 1 is 1.17 bits per heavy atom. The predicted octanol–water partition coefficient (Wildman–Crippen LogP) is 2.18. The Bertz CT molecular complexity index is 932.